The highest BCUT2D eigenvalue weighted by Crippen LogP contribution is 2.22. The molecule has 0 bridgehead atoms. The lowest BCUT2D eigenvalue weighted by Gasteiger charge is -2.13. The Balaban J connectivity index is 2.04. The fraction of sp³-hybridized carbons (Fsp3) is 0.500. The Labute approximate surface area is 124 Å². The number of thiophene rings is 1. The summed E-state index contributed by atoms with van der Waals surface area (Å²) in [6.07, 6.45) is 1.43. The van der Waals surface area contributed by atoms with Crippen LogP contribution in [0.5, 0.6) is 0 Å². The quantitative estimate of drug-likeness (QED) is 0.723. The minimum absolute atomic E-state index is 0.432. The molecule has 0 amide bonds. The lowest BCUT2D eigenvalue weighted by molar-refractivity contribution is -0.142. The zero-order valence-corrected chi connectivity index (χ0v) is 13.3. The summed E-state index contributed by atoms with van der Waals surface area (Å²) in [6.45, 7) is 5.71. The summed E-state index contributed by atoms with van der Waals surface area (Å²) in [5, 5.41) is 10.3. The first-order valence-corrected chi connectivity index (χ1v) is 7.76. The van der Waals surface area contributed by atoms with Gasteiger partial charge in [-0.15, -0.1) is 16.4 Å². The second-order valence-corrected chi connectivity index (χ2v) is 6.13. The van der Waals surface area contributed by atoms with E-state index in [9.17, 15) is 0 Å². The topological polar surface area (TPSA) is 49.2 Å². The van der Waals surface area contributed by atoms with Crippen molar-refractivity contribution in [3.8, 4) is 0 Å². The molecule has 19 heavy (non-hydrogen) atoms. The van der Waals surface area contributed by atoms with Gasteiger partial charge < -0.3 is 9.47 Å². The van der Waals surface area contributed by atoms with Crippen molar-refractivity contribution in [2.24, 2.45) is 0 Å². The van der Waals surface area contributed by atoms with Crippen LogP contribution in [0.2, 0.25) is 0 Å². The summed E-state index contributed by atoms with van der Waals surface area (Å²) in [5.74, 6) is 0. The molecule has 2 heterocycles. The first kappa shape index (κ1) is 14.6. The highest BCUT2D eigenvalue weighted by atomic mass is 79.9. The predicted octanol–water partition coefficient (Wildman–Crippen LogP) is 3.22. The highest BCUT2D eigenvalue weighted by molar-refractivity contribution is 9.11. The first-order chi connectivity index (χ1) is 9.22. The molecule has 0 saturated heterocycles. The lowest BCUT2D eigenvalue weighted by Crippen LogP contribution is -2.09. The van der Waals surface area contributed by atoms with E-state index in [1.165, 1.54) is 5.56 Å². The zero-order valence-electron chi connectivity index (χ0n) is 10.9. The van der Waals surface area contributed by atoms with Crippen LogP contribution in [0.25, 0.3) is 0 Å². The van der Waals surface area contributed by atoms with E-state index in [4.69, 9.17) is 9.47 Å². The van der Waals surface area contributed by atoms with Crippen molar-refractivity contribution in [3.63, 3.8) is 0 Å². The van der Waals surface area contributed by atoms with E-state index in [0.717, 1.165) is 3.79 Å². The molecule has 0 fully saturated rings. The monoisotopic (exact) mass is 345 g/mol. The SMILES string of the molecule is CCOC(OCC)c1cn(Cc2csc(Br)c2)nn1. The van der Waals surface area contributed by atoms with E-state index in [-0.39, 0.29) is 0 Å². The average Bonchev–Trinajstić information content (AvgIpc) is 2.99. The van der Waals surface area contributed by atoms with Gasteiger partial charge in [0.25, 0.3) is 0 Å². The Morgan fingerprint density at radius 1 is 1.37 bits per heavy atom. The van der Waals surface area contributed by atoms with Crippen LogP contribution in [0.4, 0.5) is 0 Å². The summed E-state index contributed by atoms with van der Waals surface area (Å²) in [5.41, 5.74) is 1.90. The van der Waals surface area contributed by atoms with Crippen LogP contribution in [0.1, 0.15) is 31.4 Å². The van der Waals surface area contributed by atoms with Crippen molar-refractivity contribution >= 4 is 27.3 Å². The third kappa shape index (κ3) is 4.10. The third-order valence-corrected chi connectivity index (χ3v) is 3.95. The maximum atomic E-state index is 5.49. The molecule has 2 rings (SSSR count). The molecule has 2 aromatic heterocycles. The second-order valence-electron chi connectivity index (χ2n) is 3.84. The van der Waals surface area contributed by atoms with Crippen LogP contribution in [-0.4, -0.2) is 28.2 Å². The number of nitrogens with zero attached hydrogens (tertiary/aromatic N) is 3. The van der Waals surface area contributed by atoms with Gasteiger partial charge in [0.15, 0.2) is 0 Å². The fourth-order valence-corrected chi connectivity index (χ4v) is 2.84. The lowest BCUT2D eigenvalue weighted by atomic mass is 10.3. The van der Waals surface area contributed by atoms with Gasteiger partial charge in [-0.2, -0.15) is 0 Å². The maximum Gasteiger partial charge on any atom is 0.204 e. The molecule has 7 heteroatoms. The molecule has 0 aliphatic rings. The van der Waals surface area contributed by atoms with E-state index in [1.54, 1.807) is 16.0 Å². The van der Waals surface area contributed by atoms with Gasteiger partial charge in [0.2, 0.25) is 6.29 Å². The summed E-state index contributed by atoms with van der Waals surface area (Å²) in [7, 11) is 0. The standard InChI is InChI=1S/C12H16BrN3O2S/c1-3-17-12(18-4-2)10-7-16(15-14-10)6-9-5-11(13)19-8-9/h5,7-8,12H,3-4,6H2,1-2H3. The van der Waals surface area contributed by atoms with Crippen LogP contribution >= 0.6 is 27.3 Å². The number of aromatic nitrogens is 3. The number of halogens is 1. The number of ether oxygens (including phenoxy) is 2. The Morgan fingerprint density at radius 2 is 2.11 bits per heavy atom. The van der Waals surface area contributed by atoms with Crippen molar-refractivity contribution in [1.29, 1.82) is 0 Å². The predicted molar refractivity (Wildman–Crippen MR) is 77.1 cm³/mol. The van der Waals surface area contributed by atoms with Crippen LogP contribution in [-0.2, 0) is 16.0 Å². The fourth-order valence-electron chi connectivity index (χ4n) is 1.64. The average molecular weight is 346 g/mol. The summed E-state index contributed by atoms with van der Waals surface area (Å²) >= 11 is 5.11. The molecular formula is C12H16BrN3O2S. The minimum atomic E-state index is -0.432. The Kier molecular flexibility index (Phi) is 5.50. The molecule has 0 N–H and O–H groups in total. The van der Waals surface area contributed by atoms with Crippen molar-refractivity contribution in [2.75, 3.05) is 13.2 Å². The minimum Gasteiger partial charge on any atom is -0.347 e. The van der Waals surface area contributed by atoms with E-state index in [2.05, 4.69) is 37.7 Å². The van der Waals surface area contributed by atoms with Gasteiger partial charge in [-0.1, -0.05) is 5.21 Å². The van der Waals surface area contributed by atoms with Crippen LogP contribution in [0.15, 0.2) is 21.4 Å². The number of rotatable bonds is 7. The maximum absolute atomic E-state index is 5.49. The molecule has 0 aromatic carbocycles. The van der Waals surface area contributed by atoms with E-state index < -0.39 is 6.29 Å². The van der Waals surface area contributed by atoms with Crippen LogP contribution in [0, 0.1) is 0 Å². The molecule has 0 unspecified atom stereocenters. The van der Waals surface area contributed by atoms with Gasteiger partial charge in [-0.05, 0) is 46.8 Å². The molecule has 0 saturated carbocycles. The summed E-state index contributed by atoms with van der Waals surface area (Å²) in [6, 6.07) is 2.08. The van der Waals surface area contributed by atoms with E-state index >= 15 is 0 Å². The molecule has 0 aliphatic heterocycles. The van der Waals surface area contributed by atoms with Crippen molar-refractivity contribution in [2.45, 2.75) is 26.7 Å². The Bertz CT molecular complexity index is 509. The first-order valence-electron chi connectivity index (χ1n) is 6.09. The Morgan fingerprint density at radius 3 is 2.68 bits per heavy atom. The molecule has 0 atom stereocenters. The molecular weight excluding hydrogens is 330 g/mol. The smallest absolute Gasteiger partial charge is 0.204 e. The number of hydrogen-bond donors (Lipinski definition) is 0. The van der Waals surface area contributed by atoms with Crippen LogP contribution in [0.3, 0.4) is 0 Å². The summed E-state index contributed by atoms with van der Waals surface area (Å²) in [4.78, 5) is 0. The van der Waals surface area contributed by atoms with Gasteiger partial charge in [0.05, 0.1) is 16.5 Å². The van der Waals surface area contributed by atoms with Crippen molar-refractivity contribution in [1.82, 2.24) is 15.0 Å². The zero-order chi connectivity index (χ0) is 13.7. The largest absolute Gasteiger partial charge is 0.347 e. The van der Waals surface area contributed by atoms with Gasteiger partial charge in [0.1, 0.15) is 5.69 Å². The third-order valence-electron chi connectivity index (χ3n) is 2.40. The van der Waals surface area contributed by atoms with Crippen molar-refractivity contribution < 1.29 is 9.47 Å². The molecule has 5 nitrogen and oxygen atoms in total. The second kappa shape index (κ2) is 7.14. The summed E-state index contributed by atoms with van der Waals surface area (Å²) < 4.78 is 13.9. The van der Waals surface area contributed by atoms with Gasteiger partial charge >= 0.3 is 0 Å². The Hall–Kier alpha value is -0.760. The number of hydrogen-bond acceptors (Lipinski definition) is 5. The molecule has 0 radical (unpaired) electrons. The van der Waals surface area contributed by atoms with Gasteiger partial charge in [-0.3, -0.25) is 0 Å². The molecule has 0 spiro atoms. The van der Waals surface area contributed by atoms with Crippen molar-refractivity contribution in [3.05, 3.63) is 32.7 Å². The molecule has 104 valence electrons. The highest BCUT2D eigenvalue weighted by Gasteiger charge is 2.15. The van der Waals surface area contributed by atoms with Crippen LogP contribution < -0.4 is 0 Å². The molecule has 2 aromatic rings. The van der Waals surface area contributed by atoms with E-state index in [0.29, 0.717) is 25.5 Å². The van der Waals surface area contributed by atoms with Gasteiger partial charge in [-0.25, -0.2) is 4.68 Å². The normalized spacial score (nSPS) is 11.4. The van der Waals surface area contributed by atoms with Gasteiger partial charge in [0, 0.05) is 13.2 Å². The molecule has 0 aliphatic carbocycles. The van der Waals surface area contributed by atoms with E-state index in [1.807, 2.05) is 20.0 Å².